The first-order valence-corrected chi connectivity index (χ1v) is 6.76. The van der Waals surface area contributed by atoms with E-state index in [9.17, 15) is 0 Å². The van der Waals surface area contributed by atoms with Crippen LogP contribution in [-0.4, -0.2) is 35.6 Å². The van der Waals surface area contributed by atoms with Crippen molar-refractivity contribution in [1.82, 2.24) is 15.1 Å². The highest BCUT2D eigenvalue weighted by atomic mass is 127. The molecule has 0 unspecified atom stereocenters. The van der Waals surface area contributed by atoms with Crippen molar-refractivity contribution >= 4 is 22.6 Å². The van der Waals surface area contributed by atoms with Gasteiger partial charge in [0.2, 0.25) is 0 Å². The molecular weight excluding hydrogens is 317 g/mol. The highest BCUT2D eigenvalue weighted by Crippen LogP contribution is 2.00. The van der Waals surface area contributed by atoms with Gasteiger partial charge in [0, 0.05) is 19.3 Å². The molecule has 5 heteroatoms. The Balaban J connectivity index is 1.92. The fraction of sp³-hybridized carbons (Fsp3) is 0.727. The summed E-state index contributed by atoms with van der Waals surface area (Å²) in [5.74, 6) is 0. The molecule has 0 aromatic carbocycles. The predicted octanol–water partition coefficient (Wildman–Crippen LogP) is 1.89. The molecule has 0 aliphatic rings. The van der Waals surface area contributed by atoms with E-state index in [0.717, 1.165) is 32.7 Å². The van der Waals surface area contributed by atoms with Crippen LogP contribution in [0, 0.1) is 3.57 Å². The molecule has 0 saturated heterocycles. The van der Waals surface area contributed by atoms with Crippen molar-refractivity contribution in [3.8, 4) is 0 Å². The fourth-order valence-corrected chi connectivity index (χ4v) is 1.74. The molecule has 16 heavy (non-hydrogen) atoms. The van der Waals surface area contributed by atoms with E-state index < -0.39 is 0 Å². The van der Waals surface area contributed by atoms with E-state index in [4.69, 9.17) is 4.74 Å². The molecule has 0 amide bonds. The number of nitrogens with one attached hydrogen (secondary N) is 1. The molecule has 1 heterocycles. The number of ether oxygens (including phenoxy) is 1. The Hall–Kier alpha value is -0.140. The van der Waals surface area contributed by atoms with Crippen LogP contribution in [0.3, 0.4) is 0 Å². The first-order chi connectivity index (χ1) is 7.68. The van der Waals surface area contributed by atoms with Gasteiger partial charge in [-0.25, -0.2) is 0 Å². The lowest BCUT2D eigenvalue weighted by molar-refractivity contribution is 0.0771. The van der Waals surface area contributed by atoms with Crippen molar-refractivity contribution in [2.75, 3.05) is 19.7 Å². The lowest BCUT2D eigenvalue weighted by Crippen LogP contribution is -2.22. The minimum Gasteiger partial charge on any atom is -0.379 e. The molecular formula is C11H20IN3O. The van der Waals surface area contributed by atoms with Gasteiger partial charge in [-0.3, -0.25) is 4.68 Å². The molecule has 1 aromatic heterocycles. The van der Waals surface area contributed by atoms with E-state index in [1.54, 1.807) is 0 Å². The van der Waals surface area contributed by atoms with E-state index in [1.807, 2.05) is 17.1 Å². The Kier molecular flexibility index (Phi) is 6.98. The number of hydrogen-bond donors (Lipinski definition) is 1. The second-order valence-electron chi connectivity index (χ2n) is 3.94. The van der Waals surface area contributed by atoms with E-state index in [0.29, 0.717) is 6.10 Å². The first kappa shape index (κ1) is 13.9. The molecule has 4 nitrogen and oxygen atoms in total. The summed E-state index contributed by atoms with van der Waals surface area (Å²) in [5.41, 5.74) is 0. The molecule has 0 radical (unpaired) electrons. The summed E-state index contributed by atoms with van der Waals surface area (Å²) in [6.07, 6.45) is 5.32. The third-order valence-electron chi connectivity index (χ3n) is 2.07. The van der Waals surface area contributed by atoms with Crippen LogP contribution in [0.5, 0.6) is 0 Å². The number of hydrogen-bond acceptors (Lipinski definition) is 3. The van der Waals surface area contributed by atoms with Crippen LogP contribution in [-0.2, 0) is 11.3 Å². The van der Waals surface area contributed by atoms with Gasteiger partial charge in [0.25, 0.3) is 0 Å². The second-order valence-corrected chi connectivity index (χ2v) is 5.19. The molecule has 0 saturated carbocycles. The molecule has 1 aromatic rings. The second kappa shape index (κ2) is 8.03. The van der Waals surface area contributed by atoms with Gasteiger partial charge in [0.1, 0.15) is 0 Å². The first-order valence-electron chi connectivity index (χ1n) is 5.69. The van der Waals surface area contributed by atoms with E-state index >= 15 is 0 Å². The summed E-state index contributed by atoms with van der Waals surface area (Å²) in [4.78, 5) is 0. The van der Waals surface area contributed by atoms with E-state index in [2.05, 4.69) is 46.9 Å². The van der Waals surface area contributed by atoms with E-state index in [-0.39, 0.29) is 0 Å². The van der Waals surface area contributed by atoms with E-state index in [1.165, 1.54) is 3.57 Å². The average Bonchev–Trinajstić information content (AvgIpc) is 2.62. The van der Waals surface area contributed by atoms with Crippen molar-refractivity contribution in [3.05, 3.63) is 16.0 Å². The zero-order chi connectivity index (χ0) is 11.8. The number of nitrogens with zero attached hydrogens (tertiary/aromatic N) is 2. The van der Waals surface area contributed by atoms with Crippen LogP contribution in [0.1, 0.15) is 20.3 Å². The maximum Gasteiger partial charge on any atom is 0.0623 e. The number of halogens is 1. The average molecular weight is 337 g/mol. The summed E-state index contributed by atoms with van der Waals surface area (Å²) in [6.45, 7) is 7.85. The minimum absolute atomic E-state index is 0.339. The molecule has 0 fully saturated rings. The standard InChI is InChI=1S/C11H20IN3O/c1-10(2)16-7-3-4-13-5-6-15-9-11(12)8-14-15/h8-10,13H,3-7H2,1-2H3. The predicted molar refractivity (Wildman–Crippen MR) is 73.5 cm³/mol. The summed E-state index contributed by atoms with van der Waals surface area (Å²) in [5, 5.41) is 7.59. The summed E-state index contributed by atoms with van der Waals surface area (Å²) in [7, 11) is 0. The van der Waals surface area contributed by atoms with Gasteiger partial charge in [-0.2, -0.15) is 5.10 Å². The molecule has 0 atom stereocenters. The van der Waals surface area contributed by atoms with Gasteiger partial charge in [-0.15, -0.1) is 0 Å². The monoisotopic (exact) mass is 337 g/mol. The Morgan fingerprint density at radius 3 is 2.94 bits per heavy atom. The molecule has 0 bridgehead atoms. The van der Waals surface area contributed by atoms with Crippen molar-refractivity contribution in [2.45, 2.75) is 32.9 Å². The van der Waals surface area contributed by atoms with Crippen LogP contribution in [0.4, 0.5) is 0 Å². The van der Waals surface area contributed by atoms with Crippen molar-refractivity contribution in [3.63, 3.8) is 0 Å². The molecule has 0 aliphatic heterocycles. The molecule has 1 N–H and O–H groups in total. The van der Waals surface area contributed by atoms with Crippen LogP contribution in [0.15, 0.2) is 12.4 Å². The van der Waals surface area contributed by atoms with Crippen molar-refractivity contribution < 1.29 is 4.74 Å². The molecule has 0 aliphatic carbocycles. The Morgan fingerprint density at radius 1 is 1.50 bits per heavy atom. The molecule has 92 valence electrons. The highest BCUT2D eigenvalue weighted by molar-refractivity contribution is 14.1. The summed E-state index contributed by atoms with van der Waals surface area (Å²) >= 11 is 2.27. The largest absolute Gasteiger partial charge is 0.379 e. The summed E-state index contributed by atoms with van der Waals surface area (Å²) < 4.78 is 8.59. The third-order valence-corrected chi connectivity index (χ3v) is 2.63. The van der Waals surface area contributed by atoms with Crippen LogP contribution in [0.25, 0.3) is 0 Å². The zero-order valence-corrected chi connectivity index (χ0v) is 12.1. The fourth-order valence-electron chi connectivity index (χ4n) is 1.30. The Labute approximate surface area is 111 Å². The van der Waals surface area contributed by atoms with Gasteiger partial charge >= 0.3 is 0 Å². The third kappa shape index (κ3) is 6.44. The maximum atomic E-state index is 5.45. The van der Waals surface area contributed by atoms with Crippen molar-refractivity contribution in [2.24, 2.45) is 0 Å². The highest BCUT2D eigenvalue weighted by Gasteiger charge is 1.95. The van der Waals surface area contributed by atoms with Gasteiger partial charge in [0.05, 0.1) is 22.4 Å². The van der Waals surface area contributed by atoms with Gasteiger partial charge in [-0.1, -0.05) is 0 Å². The smallest absolute Gasteiger partial charge is 0.0623 e. The van der Waals surface area contributed by atoms with Gasteiger partial charge in [0.15, 0.2) is 0 Å². The zero-order valence-electron chi connectivity index (χ0n) is 9.95. The maximum absolute atomic E-state index is 5.45. The van der Waals surface area contributed by atoms with Crippen LogP contribution >= 0.6 is 22.6 Å². The molecule has 1 rings (SSSR count). The Bertz CT molecular complexity index is 289. The SMILES string of the molecule is CC(C)OCCCNCCn1cc(I)cn1. The number of rotatable bonds is 8. The summed E-state index contributed by atoms with van der Waals surface area (Å²) in [6, 6.07) is 0. The number of aromatic nitrogens is 2. The topological polar surface area (TPSA) is 39.1 Å². The van der Waals surface area contributed by atoms with Crippen LogP contribution < -0.4 is 5.32 Å². The van der Waals surface area contributed by atoms with Gasteiger partial charge < -0.3 is 10.1 Å². The van der Waals surface area contributed by atoms with Crippen LogP contribution in [0.2, 0.25) is 0 Å². The normalized spacial score (nSPS) is 11.2. The van der Waals surface area contributed by atoms with Gasteiger partial charge in [-0.05, 0) is 49.4 Å². The molecule has 0 spiro atoms. The lowest BCUT2D eigenvalue weighted by atomic mass is 10.4. The quantitative estimate of drug-likeness (QED) is 0.582. The van der Waals surface area contributed by atoms with Crippen molar-refractivity contribution in [1.29, 1.82) is 0 Å². The lowest BCUT2D eigenvalue weighted by Gasteiger charge is -2.08. The minimum atomic E-state index is 0.339. The Morgan fingerprint density at radius 2 is 2.31 bits per heavy atom.